The number of carbonyl (C=O) groups is 1. The number of nitrogens with zero attached hydrogens (tertiary/aromatic N) is 1. The number of hydrogen-bond donors (Lipinski definition) is 1. The summed E-state index contributed by atoms with van der Waals surface area (Å²) in [5.41, 5.74) is 0.963. The number of amides is 1. The van der Waals surface area contributed by atoms with E-state index in [1.54, 1.807) is 18.2 Å². The lowest BCUT2D eigenvalue weighted by atomic mass is 9.96. The number of sulfonamides is 1. The van der Waals surface area contributed by atoms with Gasteiger partial charge in [0.15, 0.2) is 0 Å². The molecule has 0 bridgehead atoms. The van der Waals surface area contributed by atoms with Gasteiger partial charge < -0.3 is 10.1 Å². The van der Waals surface area contributed by atoms with E-state index in [9.17, 15) is 13.2 Å². The molecule has 1 atom stereocenters. The molecule has 0 unspecified atom stereocenters. The van der Waals surface area contributed by atoms with Crippen LogP contribution in [0.15, 0.2) is 47.4 Å². The minimum Gasteiger partial charge on any atom is -0.492 e. The van der Waals surface area contributed by atoms with Crippen LogP contribution in [0.4, 0.5) is 0 Å². The summed E-state index contributed by atoms with van der Waals surface area (Å²) in [4.78, 5) is 12.8. The molecular formula is C22H26Cl2N2O4S. The van der Waals surface area contributed by atoms with Gasteiger partial charge in [-0.05, 0) is 62.6 Å². The molecule has 6 nitrogen and oxygen atoms in total. The van der Waals surface area contributed by atoms with Gasteiger partial charge in [0.2, 0.25) is 15.9 Å². The van der Waals surface area contributed by atoms with Gasteiger partial charge in [-0.2, -0.15) is 4.31 Å². The highest BCUT2D eigenvalue weighted by molar-refractivity contribution is 7.89. The highest BCUT2D eigenvalue weighted by atomic mass is 35.5. The van der Waals surface area contributed by atoms with E-state index in [0.29, 0.717) is 30.2 Å². The van der Waals surface area contributed by atoms with Crippen LogP contribution < -0.4 is 10.1 Å². The van der Waals surface area contributed by atoms with Gasteiger partial charge in [0.1, 0.15) is 5.75 Å². The van der Waals surface area contributed by atoms with Crippen molar-refractivity contribution in [2.45, 2.75) is 37.6 Å². The van der Waals surface area contributed by atoms with E-state index >= 15 is 0 Å². The van der Waals surface area contributed by atoms with E-state index in [4.69, 9.17) is 27.9 Å². The highest BCUT2D eigenvalue weighted by Gasteiger charge is 2.32. The first-order valence-corrected chi connectivity index (χ1v) is 12.4. The molecule has 1 saturated heterocycles. The van der Waals surface area contributed by atoms with Gasteiger partial charge in [0.05, 0.1) is 22.6 Å². The number of halogens is 2. The molecule has 9 heteroatoms. The Morgan fingerprint density at radius 3 is 2.39 bits per heavy atom. The number of ether oxygens (including phenoxy) is 1. The first-order chi connectivity index (χ1) is 14.7. The smallest absolute Gasteiger partial charge is 0.243 e. The minimum absolute atomic E-state index is 0.0661. The zero-order chi connectivity index (χ0) is 22.6. The van der Waals surface area contributed by atoms with Gasteiger partial charge >= 0.3 is 0 Å². The zero-order valence-corrected chi connectivity index (χ0v) is 19.8. The fourth-order valence-electron chi connectivity index (χ4n) is 3.59. The van der Waals surface area contributed by atoms with E-state index in [-0.39, 0.29) is 40.9 Å². The van der Waals surface area contributed by atoms with Crippen molar-refractivity contribution in [3.05, 3.63) is 58.1 Å². The summed E-state index contributed by atoms with van der Waals surface area (Å²) in [7, 11) is -3.69. The average Bonchev–Trinajstić information content (AvgIpc) is 2.75. The fraction of sp³-hybridized carbons (Fsp3) is 0.409. The molecule has 0 saturated carbocycles. The largest absolute Gasteiger partial charge is 0.492 e. The second-order valence-electron chi connectivity index (χ2n) is 7.49. The third-order valence-corrected chi connectivity index (χ3v) is 7.84. The van der Waals surface area contributed by atoms with Crippen LogP contribution in [0, 0.1) is 5.92 Å². The number of rotatable bonds is 7. The van der Waals surface area contributed by atoms with Crippen LogP contribution in [-0.4, -0.2) is 38.3 Å². The van der Waals surface area contributed by atoms with Crippen LogP contribution in [0.25, 0.3) is 0 Å². The second kappa shape index (κ2) is 10.2. The van der Waals surface area contributed by atoms with Gasteiger partial charge in [-0.25, -0.2) is 8.42 Å². The molecule has 3 rings (SSSR count). The number of hydrogen-bond acceptors (Lipinski definition) is 4. The Morgan fingerprint density at radius 1 is 1.16 bits per heavy atom. The fourth-order valence-corrected chi connectivity index (χ4v) is 5.51. The van der Waals surface area contributed by atoms with Crippen molar-refractivity contribution in [3.63, 3.8) is 0 Å². The van der Waals surface area contributed by atoms with Crippen LogP contribution in [0.3, 0.4) is 0 Å². The quantitative estimate of drug-likeness (QED) is 0.619. The second-order valence-corrected chi connectivity index (χ2v) is 10.3. The summed E-state index contributed by atoms with van der Waals surface area (Å²) in [6, 6.07) is 11.7. The van der Waals surface area contributed by atoms with Crippen molar-refractivity contribution in [2.24, 2.45) is 5.92 Å². The van der Waals surface area contributed by atoms with E-state index < -0.39 is 10.0 Å². The number of benzene rings is 2. The molecule has 1 aliphatic heterocycles. The molecule has 31 heavy (non-hydrogen) atoms. The Bertz CT molecular complexity index is 1020. The lowest BCUT2D eigenvalue weighted by Gasteiger charge is -2.31. The topological polar surface area (TPSA) is 75.7 Å². The first kappa shape index (κ1) is 23.9. The molecule has 1 heterocycles. The molecule has 0 aromatic heterocycles. The van der Waals surface area contributed by atoms with Gasteiger partial charge in [-0.3, -0.25) is 4.79 Å². The monoisotopic (exact) mass is 484 g/mol. The summed E-state index contributed by atoms with van der Waals surface area (Å²) in [5, 5.41) is 3.92. The summed E-state index contributed by atoms with van der Waals surface area (Å²) in [5.74, 6) is 0.155. The van der Waals surface area contributed by atoms with Crippen molar-refractivity contribution in [1.29, 1.82) is 0 Å². The predicted molar refractivity (Wildman–Crippen MR) is 122 cm³/mol. The van der Waals surface area contributed by atoms with Crippen molar-refractivity contribution in [3.8, 4) is 5.75 Å². The summed E-state index contributed by atoms with van der Waals surface area (Å²) < 4.78 is 32.8. The number of nitrogens with one attached hydrogen (secondary N) is 1. The number of carbonyl (C=O) groups excluding carboxylic acids is 1. The van der Waals surface area contributed by atoms with E-state index in [2.05, 4.69) is 5.32 Å². The summed E-state index contributed by atoms with van der Waals surface area (Å²) in [6.07, 6.45) is 0.923. The Morgan fingerprint density at radius 2 is 1.81 bits per heavy atom. The van der Waals surface area contributed by atoms with E-state index in [0.717, 1.165) is 5.56 Å². The van der Waals surface area contributed by atoms with Gasteiger partial charge in [-0.15, -0.1) is 0 Å². The molecule has 2 aromatic rings. The third kappa shape index (κ3) is 5.71. The standard InChI is InChI=1S/C22H26Cl2N2O4S/c1-3-30-21-9-8-19(14-20(21)24)31(28,29)26-12-10-17(11-13-26)22(27)25-15(2)16-4-6-18(23)7-5-16/h4-9,14-15,17H,3,10-13H2,1-2H3,(H,25,27)/t15-/m1/s1. The van der Waals surface area contributed by atoms with Gasteiger partial charge in [0.25, 0.3) is 0 Å². The van der Waals surface area contributed by atoms with Crippen LogP contribution in [-0.2, 0) is 14.8 Å². The lowest BCUT2D eigenvalue weighted by Crippen LogP contribution is -2.43. The predicted octanol–water partition coefficient (Wildman–Crippen LogP) is 4.67. The lowest BCUT2D eigenvalue weighted by molar-refractivity contribution is -0.126. The molecule has 2 aromatic carbocycles. The summed E-state index contributed by atoms with van der Waals surface area (Å²) >= 11 is 12.1. The molecule has 1 aliphatic rings. The van der Waals surface area contributed by atoms with E-state index in [1.807, 2.05) is 26.0 Å². The Labute approximate surface area is 193 Å². The average molecular weight is 485 g/mol. The van der Waals surface area contributed by atoms with Crippen LogP contribution in [0.2, 0.25) is 10.0 Å². The Hall–Kier alpha value is -1.80. The maximum Gasteiger partial charge on any atom is 0.243 e. The molecule has 1 amide bonds. The maximum absolute atomic E-state index is 13.0. The van der Waals surface area contributed by atoms with Crippen LogP contribution >= 0.6 is 23.2 Å². The molecule has 0 radical (unpaired) electrons. The molecule has 168 valence electrons. The Kier molecular flexibility index (Phi) is 7.86. The zero-order valence-electron chi connectivity index (χ0n) is 17.5. The molecule has 1 fully saturated rings. The first-order valence-electron chi connectivity index (χ1n) is 10.2. The highest BCUT2D eigenvalue weighted by Crippen LogP contribution is 2.30. The van der Waals surface area contributed by atoms with Crippen LogP contribution in [0.1, 0.15) is 38.3 Å². The minimum atomic E-state index is -3.69. The Balaban J connectivity index is 1.59. The molecule has 1 N–H and O–H groups in total. The van der Waals surface area contributed by atoms with Crippen LogP contribution in [0.5, 0.6) is 5.75 Å². The van der Waals surface area contributed by atoms with Gasteiger partial charge in [-0.1, -0.05) is 35.3 Å². The summed E-state index contributed by atoms with van der Waals surface area (Å²) in [6.45, 7) is 4.74. The van der Waals surface area contributed by atoms with Crippen molar-refractivity contribution < 1.29 is 17.9 Å². The van der Waals surface area contributed by atoms with Gasteiger partial charge in [0, 0.05) is 24.0 Å². The molecule has 0 aliphatic carbocycles. The molecular weight excluding hydrogens is 459 g/mol. The normalized spacial score (nSPS) is 16.6. The molecule has 0 spiro atoms. The van der Waals surface area contributed by atoms with Crippen molar-refractivity contribution in [2.75, 3.05) is 19.7 Å². The third-order valence-electron chi connectivity index (χ3n) is 5.39. The number of piperidine rings is 1. The maximum atomic E-state index is 13.0. The SMILES string of the molecule is CCOc1ccc(S(=O)(=O)N2CCC(C(=O)N[C@H](C)c3ccc(Cl)cc3)CC2)cc1Cl. The van der Waals surface area contributed by atoms with E-state index in [1.165, 1.54) is 16.4 Å². The van der Waals surface area contributed by atoms with Crippen molar-refractivity contribution >= 4 is 39.1 Å². The van der Waals surface area contributed by atoms with Crippen molar-refractivity contribution in [1.82, 2.24) is 9.62 Å².